The summed E-state index contributed by atoms with van der Waals surface area (Å²) in [5, 5.41) is 13.9. The van der Waals surface area contributed by atoms with Gasteiger partial charge in [0.25, 0.3) is 5.91 Å². The van der Waals surface area contributed by atoms with Gasteiger partial charge in [0.1, 0.15) is 5.75 Å². The lowest BCUT2D eigenvalue weighted by Crippen LogP contribution is -2.29. The standard InChI is InChI=1S/C26H36N2O4/c1-2-3-19-27-25(29)18-8-5-11-21-32-24-17-10-9-16-23(24)26(30)28(31)20-12-15-22-13-6-4-7-14-22/h4,6-7,9-10,13-14,16-17,31H,2-3,5,8,11-12,15,18-21H2,1H3,(H,27,29). The molecular weight excluding hydrogens is 404 g/mol. The molecule has 0 aliphatic carbocycles. The predicted molar refractivity (Wildman–Crippen MR) is 126 cm³/mol. The summed E-state index contributed by atoms with van der Waals surface area (Å²) < 4.78 is 5.81. The minimum Gasteiger partial charge on any atom is -0.493 e. The van der Waals surface area contributed by atoms with Crippen molar-refractivity contribution in [2.45, 2.75) is 58.3 Å². The Hall–Kier alpha value is -2.86. The van der Waals surface area contributed by atoms with Gasteiger partial charge in [-0.05, 0) is 56.2 Å². The lowest BCUT2D eigenvalue weighted by molar-refractivity contribution is -0.121. The molecule has 2 amide bonds. The smallest absolute Gasteiger partial charge is 0.280 e. The second-order valence-electron chi connectivity index (χ2n) is 7.88. The van der Waals surface area contributed by atoms with Crippen molar-refractivity contribution in [3.05, 3.63) is 65.7 Å². The first kappa shape index (κ1) is 25.4. The van der Waals surface area contributed by atoms with Crippen molar-refractivity contribution < 1.29 is 19.5 Å². The summed E-state index contributed by atoms with van der Waals surface area (Å²) in [6.45, 7) is 3.56. The van der Waals surface area contributed by atoms with Gasteiger partial charge in [-0.1, -0.05) is 55.8 Å². The molecule has 0 aliphatic rings. The monoisotopic (exact) mass is 440 g/mol. The predicted octanol–water partition coefficient (Wildman–Crippen LogP) is 5.01. The maximum atomic E-state index is 12.7. The number of nitrogens with one attached hydrogen (secondary N) is 1. The molecule has 0 spiro atoms. The van der Waals surface area contributed by atoms with E-state index >= 15 is 0 Å². The van der Waals surface area contributed by atoms with E-state index in [2.05, 4.69) is 12.2 Å². The molecule has 2 aromatic carbocycles. The highest BCUT2D eigenvalue weighted by Gasteiger charge is 2.18. The molecule has 0 saturated heterocycles. The van der Waals surface area contributed by atoms with Crippen LogP contribution in [0.4, 0.5) is 0 Å². The van der Waals surface area contributed by atoms with Gasteiger partial charge in [0.2, 0.25) is 5.91 Å². The number of ether oxygens (including phenoxy) is 1. The summed E-state index contributed by atoms with van der Waals surface area (Å²) in [5.74, 6) is 0.111. The molecule has 0 saturated carbocycles. The van der Waals surface area contributed by atoms with E-state index in [0.717, 1.165) is 50.1 Å². The summed E-state index contributed by atoms with van der Waals surface area (Å²) >= 11 is 0. The topological polar surface area (TPSA) is 78.9 Å². The van der Waals surface area contributed by atoms with Gasteiger partial charge < -0.3 is 10.1 Å². The van der Waals surface area contributed by atoms with Gasteiger partial charge in [-0.25, -0.2) is 5.06 Å². The summed E-state index contributed by atoms with van der Waals surface area (Å²) in [6.07, 6.45) is 6.56. The highest BCUT2D eigenvalue weighted by molar-refractivity contribution is 5.96. The number of amides is 2. The van der Waals surface area contributed by atoms with Crippen molar-refractivity contribution in [1.82, 2.24) is 10.4 Å². The summed E-state index contributed by atoms with van der Waals surface area (Å²) in [6, 6.07) is 17.0. The summed E-state index contributed by atoms with van der Waals surface area (Å²) in [5.41, 5.74) is 1.53. The van der Waals surface area contributed by atoms with E-state index in [-0.39, 0.29) is 12.5 Å². The highest BCUT2D eigenvalue weighted by atomic mass is 16.5. The van der Waals surface area contributed by atoms with Crippen molar-refractivity contribution in [2.75, 3.05) is 19.7 Å². The van der Waals surface area contributed by atoms with Gasteiger partial charge in [-0.15, -0.1) is 0 Å². The van der Waals surface area contributed by atoms with Crippen molar-refractivity contribution in [3.63, 3.8) is 0 Å². The molecule has 6 heteroatoms. The van der Waals surface area contributed by atoms with Gasteiger partial charge in [0.15, 0.2) is 0 Å². The zero-order valence-corrected chi connectivity index (χ0v) is 19.1. The first-order valence-electron chi connectivity index (χ1n) is 11.6. The number of para-hydroxylation sites is 1. The first-order valence-corrected chi connectivity index (χ1v) is 11.6. The molecule has 6 nitrogen and oxygen atoms in total. The van der Waals surface area contributed by atoms with Crippen LogP contribution in [0.2, 0.25) is 0 Å². The average Bonchev–Trinajstić information content (AvgIpc) is 2.82. The Morgan fingerprint density at radius 2 is 1.69 bits per heavy atom. The van der Waals surface area contributed by atoms with E-state index < -0.39 is 5.91 Å². The van der Waals surface area contributed by atoms with Crippen LogP contribution in [0.15, 0.2) is 54.6 Å². The van der Waals surface area contributed by atoms with Crippen LogP contribution >= 0.6 is 0 Å². The number of unbranched alkanes of at least 4 members (excludes halogenated alkanes) is 3. The maximum absolute atomic E-state index is 12.7. The Morgan fingerprint density at radius 3 is 2.47 bits per heavy atom. The molecule has 0 aliphatic heterocycles. The second-order valence-corrected chi connectivity index (χ2v) is 7.88. The summed E-state index contributed by atoms with van der Waals surface area (Å²) in [4.78, 5) is 24.4. The van der Waals surface area contributed by atoms with Crippen LogP contribution in [0.3, 0.4) is 0 Å². The first-order chi connectivity index (χ1) is 15.6. The van der Waals surface area contributed by atoms with Gasteiger partial charge in [-0.3, -0.25) is 14.8 Å². The molecular formula is C26H36N2O4. The van der Waals surface area contributed by atoms with E-state index in [9.17, 15) is 14.8 Å². The average molecular weight is 441 g/mol. The highest BCUT2D eigenvalue weighted by Crippen LogP contribution is 2.20. The maximum Gasteiger partial charge on any atom is 0.280 e. The molecule has 2 aromatic rings. The Labute approximate surface area is 191 Å². The molecule has 0 atom stereocenters. The number of carbonyl (C=O) groups excluding carboxylic acids is 2. The molecule has 174 valence electrons. The molecule has 0 fully saturated rings. The Bertz CT molecular complexity index is 810. The van der Waals surface area contributed by atoms with E-state index in [4.69, 9.17) is 4.74 Å². The molecule has 0 aromatic heterocycles. The lowest BCUT2D eigenvalue weighted by atomic mass is 10.1. The van der Waals surface area contributed by atoms with E-state index in [1.807, 2.05) is 36.4 Å². The normalized spacial score (nSPS) is 10.6. The van der Waals surface area contributed by atoms with Crippen LogP contribution in [0, 0.1) is 0 Å². The molecule has 0 heterocycles. The van der Waals surface area contributed by atoms with Crippen molar-refractivity contribution >= 4 is 11.8 Å². The third kappa shape index (κ3) is 9.52. The van der Waals surface area contributed by atoms with Crippen LogP contribution in [0.1, 0.15) is 67.8 Å². The minimum atomic E-state index is -0.461. The quantitative estimate of drug-likeness (QED) is 0.232. The fourth-order valence-electron chi connectivity index (χ4n) is 3.33. The number of hydrogen-bond donors (Lipinski definition) is 2. The molecule has 32 heavy (non-hydrogen) atoms. The number of hydrogen-bond acceptors (Lipinski definition) is 4. The third-order valence-corrected chi connectivity index (χ3v) is 5.19. The van der Waals surface area contributed by atoms with Crippen LogP contribution in [0.25, 0.3) is 0 Å². The van der Waals surface area contributed by atoms with Crippen molar-refractivity contribution in [2.24, 2.45) is 0 Å². The molecule has 0 bridgehead atoms. The third-order valence-electron chi connectivity index (χ3n) is 5.19. The fourth-order valence-corrected chi connectivity index (χ4v) is 3.33. The molecule has 0 unspecified atom stereocenters. The second kappa shape index (κ2) is 15.0. The SMILES string of the molecule is CCCCNC(=O)CCCCCOc1ccccc1C(=O)N(O)CCCc1ccccc1. The lowest BCUT2D eigenvalue weighted by Gasteiger charge is -2.17. The van der Waals surface area contributed by atoms with Gasteiger partial charge in [-0.2, -0.15) is 0 Å². The van der Waals surface area contributed by atoms with Gasteiger partial charge in [0, 0.05) is 19.5 Å². The van der Waals surface area contributed by atoms with Gasteiger partial charge in [0.05, 0.1) is 12.2 Å². The van der Waals surface area contributed by atoms with E-state index in [1.165, 1.54) is 5.56 Å². The number of carbonyl (C=O) groups is 2. The zero-order chi connectivity index (χ0) is 23.0. The number of nitrogens with zero attached hydrogens (tertiary/aromatic N) is 1. The molecule has 2 rings (SSSR count). The zero-order valence-electron chi connectivity index (χ0n) is 19.1. The van der Waals surface area contributed by atoms with Crippen LogP contribution in [-0.2, 0) is 11.2 Å². The molecule has 0 radical (unpaired) electrons. The largest absolute Gasteiger partial charge is 0.493 e. The Morgan fingerprint density at radius 1 is 0.938 bits per heavy atom. The summed E-state index contributed by atoms with van der Waals surface area (Å²) in [7, 11) is 0. The Kier molecular flexibility index (Phi) is 11.9. The number of aryl methyl sites for hydroxylation is 1. The van der Waals surface area contributed by atoms with Crippen LogP contribution < -0.4 is 10.1 Å². The molecule has 2 N–H and O–H groups in total. The Balaban J connectivity index is 1.70. The number of hydroxylamine groups is 2. The van der Waals surface area contributed by atoms with Gasteiger partial charge >= 0.3 is 0 Å². The van der Waals surface area contributed by atoms with Crippen molar-refractivity contribution in [3.8, 4) is 5.75 Å². The number of rotatable bonds is 15. The fraction of sp³-hybridized carbons (Fsp3) is 0.462. The minimum absolute atomic E-state index is 0.102. The van der Waals surface area contributed by atoms with E-state index in [0.29, 0.717) is 30.8 Å². The van der Waals surface area contributed by atoms with Crippen LogP contribution in [0.5, 0.6) is 5.75 Å². The van der Waals surface area contributed by atoms with Crippen LogP contribution in [-0.4, -0.2) is 41.8 Å². The van der Waals surface area contributed by atoms with E-state index in [1.54, 1.807) is 18.2 Å². The number of benzene rings is 2. The van der Waals surface area contributed by atoms with Crippen molar-refractivity contribution in [1.29, 1.82) is 0 Å².